The van der Waals surface area contributed by atoms with Crippen molar-refractivity contribution in [1.82, 2.24) is 15.3 Å². The molecule has 5 N–H and O–H groups in total. The fourth-order valence-electron chi connectivity index (χ4n) is 2.69. The number of unbranched alkanes of at least 4 members (excludes halogenated alkanes) is 1. The zero-order chi connectivity index (χ0) is 16.7. The molecule has 1 atom stereocenters. The number of amides is 1. The first kappa shape index (κ1) is 17.3. The minimum Gasteiger partial charge on any atom is -0.352 e. The Morgan fingerprint density at radius 2 is 2.04 bits per heavy atom. The number of nitrogens with one attached hydrogen (secondary N) is 3. The van der Waals surface area contributed by atoms with Crippen molar-refractivity contribution >= 4 is 16.9 Å². The third-order valence-electron chi connectivity index (χ3n) is 4.01. The summed E-state index contributed by atoms with van der Waals surface area (Å²) in [5.74, 6) is 0.0627. The van der Waals surface area contributed by atoms with Gasteiger partial charge in [-0.15, -0.1) is 0 Å². The van der Waals surface area contributed by atoms with E-state index in [1.165, 1.54) is 0 Å². The standard InChI is InChI=1S/C17H26N4O2/c1-2-3-6-13(11-18)19-16(22)7-4-5-12-8-9-14-15(10-12)21-17(23)20-14/h8-10,13H,2-7,11,18H2,1H3,(H,19,22)(H2,20,21,23). The second-order valence-electron chi connectivity index (χ2n) is 5.95. The molecule has 0 spiro atoms. The average molecular weight is 318 g/mol. The van der Waals surface area contributed by atoms with E-state index in [0.29, 0.717) is 13.0 Å². The first-order valence-corrected chi connectivity index (χ1v) is 8.32. The number of aryl methyl sites for hydroxylation is 1. The SMILES string of the molecule is CCCCC(CN)NC(=O)CCCc1ccc2[nH]c(=O)[nH]c2c1. The number of carbonyl (C=O) groups excluding carboxylic acids is 1. The fourth-order valence-corrected chi connectivity index (χ4v) is 2.69. The third-order valence-corrected chi connectivity index (χ3v) is 4.01. The summed E-state index contributed by atoms with van der Waals surface area (Å²) in [6.07, 6.45) is 5.20. The predicted octanol–water partition coefficient (Wildman–Crippen LogP) is 1.81. The summed E-state index contributed by atoms with van der Waals surface area (Å²) in [5.41, 5.74) is 8.21. The summed E-state index contributed by atoms with van der Waals surface area (Å²) in [7, 11) is 0. The van der Waals surface area contributed by atoms with E-state index in [4.69, 9.17) is 5.73 Å². The van der Waals surface area contributed by atoms with Crippen LogP contribution in [0.15, 0.2) is 23.0 Å². The van der Waals surface area contributed by atoms with Gasteiger partial charge in [0.15, 0.2) is 0 Å². The van der Waals surface area contributed by atoms with Gasteiger partial charge in [-0.3, -0.25) is 4.79 Å². The van der Waals surface area contributed by atoms with E-state index >= 15 is 0 Å². The van der Waals surface area contributed by atoms with Crippen LogP contribution in [0.4, 0.5) is 0 Å². The molecule has 0 saturated carbocycles. The molecular weight excluding hydrogens is 292 g/mol. The van der Waals surface area contributed by atoms with Gasteiger partial charge in [-0.05, 0) is 37.0 Å². The number of hydrogen-bond donors (Lipinski definition) is 4. The lowest BCUT2D eigenvalue weighted by molar-refractivity contribution is -0.121. The molecule has 6 nitrogen and oxygen atoms in total. The van der Waals surface area contributed by atoms with Crippen LogP contribution in [0.3, 0.4) is 0 Å². The van der Waals surface area contributed by atoms with Gasteiger partial charge in [-0.1, -0.05) is 25.8 Å². The van der Waals surface area contributed by atoms with Gasteiger partial charge in [0.05, 0.1) is 11.0 Å². The first-order chi connectivity index (χ1) is 11.1. The molecule has 1 aromatic heterocycles. The van der Waals surface area contributed by atoms with E-state index in [9.17, 15) is 9.59 Å². The molecule has 0 radical (unpaired) electrons. The molecule has 0 saturated heterocycles. The highest BCUT2D eigenvalue weighted by atomic mass is 16.1. The smallest absolute Gasteiger partial charge is 0.323 e. The molecule has 0 bridgehead atoms. The fraction of sp³-hybridized carbons (Fsp3) is 0.529. The summed E-state index contributed by atoms with van der Waals surface area (Å²) in [6, 6.07) is 5.91. The molecule has 2 rings (SSSR count). The summed E-state index contributed by atoms with van der Waals surface area (Å²) in [4.78, 5) is 28.7. The highest BCUT2D eigenvalue weighted by Gasteiger charge is 2.10. The van der Waals surface area contributed by atoms with Gasteiger partial charge in [-0.25, -0.2) is 4.79 Å². The number of fused-ring (bicyclic) bond motifs is 1. The van der Waals surface area contributed by atoms with Crippen LogP contribution in [0.1, 0.15) is 44.6 Å². The van der Waals surface area contributed by atoms with E-state index in [2.05, 4.69) is 22.2 Å². The van der Waals surface area contributed by atoms with Crippen molar-refractivity contribution in [2.45, 2.75) is 51.5 Å². The Morgan fingerprint density at radius 1 is 1.26 bits per heavy atom. The molecule has 0 aliphatic heterocycles. The largest absolute Gasteiger partial charge is 0.352 e. The second kappa shape index (κ2) is 8.53. The number of hydrogen-bond acceptors (Lipinski definition) is 3. The van der Waals surface area contributed by atoms with Crippen LogP contribution < -0.4 is 16.7 Å². The molecule has 1 unspecified atom stereocenters. The molecule has 0 aliphatic carbocycles. The van der Waals surface area contributed by atoms with Crippen LogP contribution >= 0.6 is 0 Å². The Kier molecular flexibility index (Phi) is 6.40. The van der Waals surface area contributed by atoms with Gasteiger partial charge in [0, 0.05) is 19.0 Å². The quantitative estimate of drug-likeness (QED) is 0.567. The average Bonchev–Trinajstić information content (AvgIpc) is 2.90. The predicted molar refractivity (Wildman–Crippen MR) is 92.4 cm³/mol. The van der Waals surface area contributed by atoms with Crippen LogP contribution in [-0.4, -0.2) is 28.5 Å². The van der Waals surface area contributed by atoms with E-state index in [0.717, 1.165) is 48.7 Å². The summed E-state index contributed by atoms with van der Waals surface area (Å²) in [6.45, 7) is 2.62. The van der Waals surface area contributed by atoms with E-state index in [1.807, 2.05) is 18.2 Å². The lowest BCUT2D eigenvalue weighted by Crippen LogP contribution is -2.40. The highest BCUT2D eigenvalue weighted by molar-refractivity contribution is 5.76. The van der Waals surface area contributed by atoms with E-state index in [-0.39, 0.29) is 17.6 Å². The molecule has 1 aromatic carbocycles. The topological polar surface area (TPSA) is 104 Å². The first-order valence-electron chi connectivity index (χ1n) is 8.32. The lowest BCUT2D eigenvalue weighted by atomic mass is 10.1. The Hall–Kier alpha value is -2.08. The van der Waals surface area contributed by atoms with Crippen molar-refractivity contribution in [3.05, 3.63) is 34.2 Å². The van der Waals surface area contributed by atoms with Crippen molar-refractivity contribution in [2.75, 3.05) is 6.54 Å². The third kappa shape index (κ3) is 5.25. The number of H-pyrrole nitrogens is 2. The van der Waals surface area contributed by atoms with Gasteiger partial charge in [0.25, 0.3) is 0 Å². The van der Waals surface area contributed by atoms with Crippen molar-refractivity contribution in [1.29, 1.82) is 0 Å². The Labute approximate surface area is 135 Å². The van der Waals surface area contributed by atoms with Crippen molar-refractivity contribution in [3.8, 4) is 0 Å². The Bertz CT molecular complexity index is 689. The molecule has 2 aromatic rings. The molecule has 0 aliphatic rings. The Morgan fingerprint density at radius 3 is 2.78 bits per heavy atom. The van der Waals surface area contributed by atoms with Crippen LogP contribution in [0.25, 0.3) is 11.0 Å². The maximum Gasteiger partial charge on any atom is 0.323 e. The van der Waals surface area contributed by atoms with Gasteiger partial charge < -0.3 is 21.0 Å². The molecule has 1 amide bonds. The number of nitrogens with two attached hydrogens (primary N) is 1. The van der Waals surface area contributed by atoms with Crippen LogP contribution in [0.5, 0.6) is 0 Å². The minimum atomic E-state index is -0.198. The maximum atomic E-state index is 12.0. The second-order valence-corrected chi connectivity index (χ2v) is 5.95. The van der Waals surface area contributed by atoms with Gasteiger partial charge >= 0.3 is 5.69 Å². The number of rotatable bonds is 9. The Balaban J connectivity index is 1.78. The van der Waals surface area contributed by atoms with Crippen LogP contribution in [-0.2, 0) is 11.2 Å². The van der Waals surface area contributed by atoms with Gasteiger partial charge in [0.2, 0.25) is 5.91 Å². The zero-order valence-corrected chi connectivity index (χ0v) is 13.7. The highest BCUT2D eigenvalue weighted by Crippen LogP contribution is 2.12. The number of benzene rings is 1. The molecule has 23 heavy (non-hydrogen) atoms. The molecule has 0 fully saturated rings. The number of imidazole rings is 1. The number of carbonyl (C=O) groups is 1. The minimum absolute atomic E-state index is 0.0627. The summed E-state index contributed by atoms with van der Waals surface area (Å²) >= 11 is 0. The van der Waals surface area contributed by atoms with Crippen LogP contribution in [0, 0.1) is 0 Å². The molecular formula is C17H26N4O2. The summed E-state index contributed by atoms with van der Waals surface area (Å²) < 4.78 is 0. The molecule has 6 heteroatoms. The van der Waals surface area contributed by atoms with Gasteiger partial charge in [0.1, 0.15) is 0 Å². The van der Waals surface area contributed by atoms with Gasteiger partial charge in [-0.2, -0.15) is 0 Å². The van der Waals surface area contributed by atoms with E-state index < -0.39 is 0 Å². The number of aromatic nitrogens is 2. The van der Waals surface area contributed by atoms with Crippen molar-refractivity contribution in [3.63, 3.8) is 0 Å². The normalized spacial score (nSPS) is 12.4. The maximum absolute atomic E-state index is 12.0. The van der Waals surface area contributed by atoms with Crippen molar-refractivity contribution < 1.29 is 4.79 Å². The molecule has 126 valence electrons. The summed E-state index contributed by atoms with van der Waals surface area (Å²) in [5, 5.41) is 3.00. The zero-order valence-electron chi connectivity index (χ0n) is 13.7. The lowest BCUT2D eigenvalue weighted by Gasteiger charge is -2.16. The van der Waals surface area contributed by atoms with Crippen LogP contribution in [0.2, 0.25) is 0 Å². The number of aromatic amines is 2. The van der Waals surface area contributed by atoms with E-state index in [1.54, 1.807) is 0 Å². The monoisotopic (exact) mass is 318 g/mol. The molecule has 1 heterocycles. The van der Waals surface area contributed by atoms with Crippen molar-refractivity contribution in [2.24, 2.45) is 5.73 Å².